The SMILES string of the molecule is Cc1cc(C(=O)Nc2ccc(N3CCCCC3)cc2)c(C)o1. The summed E-state index contributed by atoms with van der Waals surface area (Å²) in [4.78, 5) is 14.7. The highest BCUT2D eigenvalue weighted by molar-refractivity contribution is 6.05. The quantitative estimate of drug-likeness (QED) is 0.926. The third-order valence-corrected chi connectivity index (χ3v) is 4.13. The van der Waals surface area contributed by atoms with Gasteiger partial charge in [-0.25, -0.2) is 0 Å². The van der Waals surface area contributed by atoms with Gasteiger partial charge in [0.25, 0.3) is 5.91 Å². The van der Waals surface area contributed by atoms with Gasteiger partial charge in [0.2, 0.25) is 0 Å². The molecule has 1 N–H and O–H groups in total. The molecule has 4 nitrogen and oxygen atoms in total. The Morgan fingerprint density at radius 2 is 1.77 bits per heavy atom. The van der Waals surface area contributed by atoms with Crippen LogP contribution in [0.2, 0.25) is 0 Å². The molecule has 2 aromatic rings. The van der Waals surface area contributed by atoms with Crippen LogP contribution in [0.5, 0.6) is 0 Å². The van der Waals surface area contributed by atoms with Crippen molar-refractivity contribution in [1.82, 2.24) is 0 Å². The van der Waals surface area contributed by atoms with Crippen LogP contribution in [0.25, 0.3) is 0 Å². The molecule has 0 saturated carbocycles. The van der Waals surface area contributed by atoms with Crippen molar-refractivity contribution in [1.29, 1.82) is 0 Å². The number of nitrogens with one attached hydrogen (secondary N) is 1. The van der Waals surface area contributed by atoms with Gasteiger partial charge in [0.05, 0.1) is 5.56 Å². The van der Waals surface area contributed by atoms with Crippen molar-refractivity contribution < 1.29 is 9.21 Å². The molecule has 1 aromatic heterocycles. The number of anilines is 2. The van der Waals surface area contributed by atoms with E-state index < -0.39 is 0 Å². The molecule has 1 aliphatic heterocycles. The van der Waals surface area contributed by atoms with Crippen molar-refractivity contribution in [3.63, 3.8) is 0 Å². The molecule has 1 aromatic carbocycles. The van der Waals surface area contributed by atoms with Crippen LogP contribution in [0.4, 0.5) is 11.4 Å². The van der Waals surface area contributed by atoms with Gasteiger partial charge in [-0.15, -0.1) is 0 Å². The Balaban J connectivity index is 1.68. The predicted molar refractivity (Wildman–Crippen MR) is 88.6 cm³/mol. The predicted octanol–water partition coefficient (Wildman–Crippen LogP) is 4.14. The first-order chi connectivity index (χ1) is 10.6. The van der Waals surface area contributed by atoms with Crippen LogP contribution in [0.3, 0.4) is 0 Å². The highest BCUT2D eigenvalue weighted by Crippen LogP contribution is 2.22. The van der Waals surface area contributed by atoms with E-state index in [0.717, 1.165) is 24.5 Å². The fourth-order valence-corrected chi connectivity index (χ4v) is 2.96. The fourth-order valence-electron chi connectivity index (χ4n) is 2.96. The van der Waals surface area contributed by atoms with Crippen LogP contribution in [-0.2, 0) is 0 Å². The van der Waals surface area contributed by atoms with Gasteiger partial charge >= 0.3 is 0 Å². The van der Waals surface area contributed by atoms with Crippen LogP contribution < -0.4 is 10.2 Å². The summed E-state index contributed by atoms with van der Waals surface area (Å²) >= 11 is 0. The minimum atomic E-state index is -0.125. The van der Waals surface area contributed by atoms with Gasteiger partial charge in [0.1, 0.15) is 11.5 Å². The summed E-state index contributed by atoms with van der Waals surface area (Å²) in [6.07, 6.45) is 3.85. The zero-order chi connectivity index (χ0) is 15.5. The van der Waals surface area contributed by atoms with E-state index >= 15 is 0 Å². The molecule has 0 radical (unpaired) electrons. The van der Waals surface area contributed by atoms with Crippen LogP contribution >= 0.6 is 0 Å². The first-order valence-electron chi connectivity index (χ1n) is 7.87. The maximum absolute atomic E-state index is 12.3. The molecule has 1 saturated heterocycles. The highest BCUT2D eigenvalue weighted by Gasteiger charge is 2.14. The summed E-state index contributed by atoms with van der Waals surface area (Å²) < 4.78 is 5.40. The molecule has 0 atom stereocenters. The molecule has 3 rings (SSSR count). The lowest BCUT2D eigenvalue weighted by atomic mass is 10.1. The molecular weight excluding hydrogens is 276 g/mol. The molecule has 1 amide bonds. The van der Waals surface area contributed by atoms with Crippen molar-refractivity contribution in [2.24, 2.45) is 0 Å². The summed E-state index contributed by atoms with van der Waals surface area (Å²) in [7, 11) is 0. The van der Waals surface area contributed by atoms with Crippen LogP contribution in [-0.4, -0.2) is 19.0 Å². The number of amides is 1. The van der Waals surface area contributed by atoms with Crippen LogP contribution in [0, 0.1) is 13.8 Å². The molecular formula is C18H22N2O2. The van der Waals surface area contributed by atoms with Gasteiger partial charge in [-0.2, -0.15) is 0 Å². The normalized spacial score (nSPS) is 14.9. The monoisotopic (exact) mass is 298 g/mol. The second-order valence-corrected chi connectivity index (χ2v) is 5.88. The van der Waals surface area contributed by atoms with E-state index in [1.54, 1.807) is 13.0 Å². The number of hydrogen-bond acceptors (Lipinski definition) is 3. The third kappa shape index (κ3) is 3.16. The van der Waals surface area contributed by atoms with Gasteiger partial charge in [-0.3, -0.25) is 4.79 Å². The highest BCUT2D eigenvalue weighted by atomic mass is 16.3. The first-order valence-corrected chi connectivity index (χ1v) is 7.87. The molecule has 0 aliphatic carbocycles. The maximum atomic E-state index is 12.3. The minimum Gasteiger partial charge on any atom is -0.466 e. The van der Waals surface area contributed by atoms with E-state index in [1.165, 1.54) is 24.9 Å². The number of carbonyl (C=O) groups excluding carboxylic acids is 1. The first kappa shape index (κ1) is 14.7. The summed E-state index contributed by atoms with van der Waals surface area (Å²) in [5.41, 5.74) is 2.63. The number of nitrogens with zero attached hydrogens (tertiary/aromatic N) is 1. The fraction of sp³-hybridized carbons (Fsp3) is 0.389. The lowest BCUT2D eigenvalue weighted by Gasteiger charge is -2.28. The van der Waals surface area contributed by atoms with E-state index in [0.29, 0.717) is 11.3 Å². The zero-order valence-electron chi connectivity index (χ0n) is 13.2. The van der Waals surface area contributed by atoms with Gasteiger partial charge in [-0.1, -0.05) is 0 Å². The standard InChI is InChI=1S/C18H22N2O2/c1-13-12-17(14(2)22-13)18(21)19-15-6-8-16(9-7-15)20-10-4-3-5-11-20/h6-9,12H,3-5,10-11H2,1-2H3,(H,19,21). The van der Waals surface area contributed by atoms with Crippen molar-refractivity contribution >= 4 is 17.3 Å². The molecule has 1 aliphatic rings. The Morgan fingerprint density at radius 3 is 2.36 bits per heavy atom. The Bertz CT molecular complexity index is 652. The number of benzene rings is 1. The van der Waals surface area contributed by atoms with Gasteiger partial charge < -0.3 is 14.6 Å². The lowest BCUT2D eigenvalue weighted by molar-refractivity contribution is 0.102. The summed E-state index contributed by atoms with van der Waals surface area (Å²) in [6, 6.07) is 9.85. The minimum absolute atomic E-state index is 0.125. The van der Waals surface area contributed by atoms with E-state index in [9.17, 15) is 4.79 Å². The molecule has 1 fully saturated rings. The number of carbonyl (C=O) groups is 1. The van der Waals surface area contributed by atoms with Crippen molar-refractivity contribution in [2.75, 3.05) is 23.3 Å². The Morgan fingerprint density at radius 1 is 1.09 bits per heavy atom. The molecule has 116 valence electrons. The topological polar surface area (TPSA) is 45.5 Å². The van der Waals surface area contributed by atoms with Gasteiger partial charge in [0.15, 0.2) is 0 Å². The largest absolute Gasteiger partial charge is 0.466 e. The molecule has 22 heavy (non-hydrogen) atoms. The number of aryl methyl sites for hydroxylation is 2. The second-order valence-electron chi connectivity index (χ2n) is 5.88. The van der Waals surface area contributed by atoms with Crippen LogP contribution in [0.1, 0.15) is 41.1 Å². The van der Waals surface area contributed by atoms with E-state index in [2.05, 4.69) is 22.3 Å². The average Bonchev–Trinajstić information content (AvgIpc) is 2.88. The maximum Gasteiger partial charge on any atom is 0.259 e. The van der Waals surface area contributed by atoms with E-state index in [-0.39, 0.29) is 5.91 Å². The molecule has 0 bridgehead atoms. The molecule has 0 unspecified atom stereocenters. The summed E-state index contributed by atoms with van der Waals surface area (Å²) in [6.45, 7) is 5.90. The van der Waals surface area contributed by atoms with E-state index in [1.807, 2.05) is 19.1 Å². The van der Waals surface area contributed by atoms with Gasteiger partial charge in [0, 0.05) is 24.5 Å². The Labute approximate surface area is 131 Å². The number of piperidine rings is 1. The summed E-state index contributed by atoms with van der Waals surface area (Å²) in [5, 5.41) is 2.93. The van der Waals surface area contributed by atoms with Crippen molar-refractivity contribution in [2.45, 2.75) is 33.1 Å². The molecule has 2 heterocycles. The lowest BCUT2D eigenvalue weighted by Crippen LogP contribution is -2.29. The Hall–Kier alpha value is -2.23. The van der Waals surface area contributed by atoms with Crippen LogP contribution in [0.15, 0.2) is 34.7 Å². The number of hydrogen-bond donors (Lipinski definition) is 1. The molecule has 4 heteroatoms. The zero-order valence-corrected chi connectivity index (χ0v) is 13.2. The number of furan rings is 1. The van der Waals surface area contributed by atoms with Gasteiger partial charge in [-0.05, 0) is 63.4 Å². The third-order valence-electron chi connectivity index (χ3n) is 4.13. The second kappa shape index (κ2) is 6.26. The Kier molecular flexibility index (Phi) is 4.18. The number of rotatable bonds is 3. The van der Waals surface area contributed by atoms with Crippen molar-refractivity contribution in [3.05, 3.63) is 47.4 Å². The average molecular weight is 298 g/mol. The van der Waals surface area contributed by atoms with Crippen molar-refractivity contribution in [3.8, 4) is 0 Å². The summed E-state index contributed by atoms with van der Waals surface area (Å²) in [5.74, 6) is 1.28. The smallest absolute Gasteiger partial charge is 0.259 e. The van der Waals surface area contributed by atoms with E-state index in [4.69, 9.17) is 4.42 Å². The molecule has 0 spiro atoms.